The number of aryl methyl sites for hydroxylation is 1. The highest BCUT2D eigenvalue weighted by Gasteiger charge is 2.26. The van der Waals surface area contributed by atoms with Gasteiger partial charge in [-0.05, 0) is 32.0 Å². The first-order valence-corrected chi connectivity index (χ1v) is 9.37. The number of aromatic nitrogens is 3. The van der Waals surface area contributed by atoms with Gasteiger partial charge in [0.05, 0.1) is 19.7 Å². The van der Waals surface area contributed by atoms with Crippen LogP contribution in [0.2, 0.25) is 0 Å². The molecule has 27 heavy (non-hydrogen) atoms. The Morgan fingerprint density at radius 2 is 2.04 bits per heavy atom. The predicted octanol–water partition coefficient (Wildman–Crippen LogP) is 1.33. The second-order valence-corrected chi connectivity index (χ2v) is 6.61. The molecule has 2 N–H and O–H groups in total. The molecule has 8 nitrogen and oxygen atoms in total. The summed E-state index contributed by atoms with van der Waals surface area (Å²) < 4.78 is 7.36. The zero-order valence-corrected chi connectivity index (χ0v) is 16.4. The summed E-state index contributed by atoms with van der Waals surface area (Å²) >= 11 is 0. The van der Waals surface area contributed by atoms with Crippen LogP contribution in [0.3, 0.4) is 0 Å². The van der Waals surface area contributed by atoms with Gasteiger partial charge in [-0.1, -0.05) is 18.2 Å². The zero-order valence-electron chi connectivity index (χ0n) is 16.4. The van der Waals surface area contributed by atoms with E-state index in [0.717, 1.165) is 37.2 Å². The third-order valence-electron chi connectivity index (χ3n) is 4.98. The van der Waals surface area contributed by atoms with Gasteiger partial charge in [0, 0.05) is 26.2 Å². The fraction of sp³-hybridized carbons (Fsp3) is 0.526. The molecule has 0 bridgehead atoms. The molecule has 1 aromatic heterocycles. The highest BCUT2D eigenvalue weighted by molar-refractivity contribution is 5.79. The number of likely N-dealkylation sites (tertiary alicyclic amines) is 1. The number of para-hydroxylation sites is 1. The topological polar surface area (TPSA) is 79.6 Å². The van der Waals surface area contributed by atoms with Gasteiger partial charge in [-0.2, -0.15) is 5.10 Å². The molecular formula is C19H29N7O. The third kappa shape index (κ3) is 4.77. The maximum Gasteiger partial charge on any atom is 0.191 e. The maximum absolute atomic E-state index is 5.61. The van der Waals surface area contributed by atoms with Crippen molar-refractivity contribution in [1.82, 2.24) is 30.3 Å². The van der Waals surface area contributed by atoms with Crippen LogP contribution in [0.25, 0.3) is 0 Å². The fourth-order valence-corrected chi connectivity index (χ4v) is 3.49. The van der Waals surface area contributed by atoms with E-state index in [0.29, 0.717) is 6.54 Å². The van der Waals surface area contributed by atoms with E-state index in [4.69, 9.17) is 4.74 Å². The van der Waals surface area contributed by atoms with E-state index in [1.54, 1.807) is 25.2 Å². The second-order valence-electron chi connectivity index (χ2n) is 6.61. The van der Waals surface area contributed by atoms with E-state index in [1.165, 1.54) is 18.4 Å². The van der Waals surface area contributed by atoms with E-state index < -0.39 is 0 Å². The van der Waals surface area contributed by atoms with E-state index in [2.05, 4.69) is 42.7 Å². The summed E-state index contributed by atoms with van der Waals surface area (Å²) in [6.45, 7) is 3.53. The summed E-state index contributed by atoms with van der Waals surface area (Å²) in [6, 6.07) is 8.50. The smallest absolute Gasteiger partial charge is 0.191 e. The first-order chi connectivity index (χ1) is 13.2. The SMILES string of the molecule is CN=C(NCc1ncnn1C)NCC(c1ccccc1OC)N1CCCC1. The minimum Gasteiger partial charge on any atom is -0.496 e. The van der Waals surface area contributed by atoms with Crippen LogP contribution in [-0.4, -0.2) is 59.4 Å². The molecule has 146 valence electrons. The molecule has 2 heterocycles. The number of nitrogens with zero attached hydrogens (tertiary/aromatic N) is 5. The monoisotopic (exact) mass is 371 g/mol. The highest BCUT2D eigenvalue weighted by Crippen LogP contribution is 2.31. The highest BCUT2D eigenvalue weighted by atomic mass is 16.5. The lowest BCUT2D eigenvalue weighted by Crippen LogP contribution is -2.42. The van der Waals surface area contributed by atoms with Crippen molar-refractivity contribution >= 4 is 5.96 Å². The van der Waals surface area contributed by atoms with Gasteiger partial charge in [-0.25, -0.2) is 4.98 Å². The lowest BCUT2D eigenvalue weighted by molar-refractivity contribution is 0.239. The van der Waals surface area contributed by atoms with Crippen molar-refractivity contribution in [2.75, 3.05) is 33.8 Å². The number of hydrogen-bond donors (Lipinski definition) is 2. The molecule has 0 aliphatic carbocycles. The van der Waals surface area contributed by atoms with Crippen molar-refractivity contribution in [1.29, 1.82) is 0 Å². The van der Waals surface area contributed by atoms with Crippen molar-refractivity contribution in [3.63, 3.8) is 0 Å². The van der Waals surface area contributed by atoms with Crippen LogP contribution in [0.1, 0.15) is 30.3 Å². The Bertz CT molecular complexity index is 752. The Morgan fingerprint density at radius 1 is 1.26 bits per heavy atom. The van der Waals surface area contributed by atoms with Crippen molar-refractivity contribution < 1.29 is 4.74 Å². The predicted molar refractivity (Wildman–Crippen MR) is 106 cm³/mol. The van der Waals surface area contributed by atoms with Gasteiger partial charge in [0.25, 0.3) is 0 Å². The fourth-order valence-electron chi connectivity index (χ4n) is 3.49. The molecule has 3 rings (SSSR count). The average molecular weight is 371 g/mol. The minimum absolute atomic E-state index is 0.233. The van der Waals surface area contributed by atoms with Gasteiger partial charge < -0.3 is 15.4 Å². The molecule has 8 heteroatoms. The van der Waals surface area contributed by atoms with Gasteiger partial charge >= 0.3 is 0 Å². The van der Waals surface area contributed by atoms with E-state index in [-0.39, 0.29) is 6.04 Å². The van der Waals surface area contributed by atoms with Crippen LogP contribution >= 0.6 is 0 Å². The lowest BCUT2D eigenvalue weighted by Gasteiger charge is -2.30. The number of benzene rings is 1. The van der Waals surface area contributed by atoms with E-state index in [1.807, 2.05) is 19.2 Å². The largest absolute Gasteiger partial charge is 0.496 e. The van der Waals surface area contributed by atoms with Crippen LogP contribution in [-0.2, 0) is 13.6 Å². The summed E-state index contributed by atoms with van der Waals surface area (Å²) in [6.07, 6.45) is 4.04. The molecule has 0 amide bonds. The molecular weight excluding hydrogens is 342 g/mol. The van der Waals surface area contributed by atoms with Crippen LogP contribution in [0, 0.1) is 0 Å². The van der Waals surface area contributed by atoms with Gasteiger partial charge in [-0.15, -0.1) is 0 Å². The molecule has 2 aromatic rings. The first kappa shape index (κ1) is 19.2. The minimum atomic E-state index is 0.233. The number of nitrogens with one attached hydrogen (secondary N) is 2. The number of aliphatic imine (C=N–C) groups is 1. The molecule has 1 aromatic carbocycles. The normalized spacial score (nSPS) is 16.3. The molecule has 1 fully saturated rings. The molecule has 0 radical (unpaired) electrons. The first-order valence-electron chi connectivity index (χ1n) is 9.37. The Hall–Kier alpha value is -2.61. The Balaban J connectivity index is 1.67. The number of guanidine groups is 1. The zero-order chi connectivity index (χ0) is 19.1. The van der Waals surface area contributed by atoms with Gasteiger partial charge in [-0.3, -0.25) is 14.6 Å². The Labute approximate surface area is 160 Å². The number of hydrogen-bond acceptors (Lipinski definition) is 5. The summed E-state index contributed by atoms with van der Waals surface area (Å²) in [5.74, 6) is 2.54. The van der Waals surface area contributed by atoms with E-state index >= 15 is 0 Å². The Kier molecular flexibility index (Phi) is 6.64. The van der Waals surface area contributed by atoms with Crippen molar-refractivity contribution in [3.05, 3.63) is 42.0 Å². The number of rotatable bonds is 7. The van der Waals surface area contributed by atoms with Crippen LogP contribution < -0.4 is 15.4 Å². The number of ether oxygens (including phenoxy) is 1. The summed E-state index contributed by atoms with van der Waals surface area (Å²) in [7, 11) is 5.39. The third-order valence-corrected chi connectivity index (χ3v) is 4.98. The van der Waals surface area contributed by atoms with Crippen molar-refractivity contribution in [2.24, 2.45) is 12.0 Å². The van der Waals surface area contributed by atoms with Crippen LogP contribution in [0.4, 0.5) is 0 Å². The molecule has 1 atom stereocenters. The average Bonchev–Trinajstić information content (AvgIpc) is 3.37. The quantitative estimate of drug-likeness (QED) is 0.565. The molecule has 0 saturated carbocycles. The molecule has 1 aliphatic rings. The standard InChI is InChI=1S/C19H29N7O/c1-20-19(22-13-18-23-14-24-25(18)2)21-12-16(26-10-6-7-11-26)15-8-4-5-9-17(15)27-3/h4-5,8-9,14,16H,6-7,10-13H2,1-3H3,(H2,20,21,22). The molecule has 1 unspecified atom stereocenters. The number of methoxy groups -OCH3 is 1. The van der Waals surface area contributed by atoms with Gasteiger partial charge in [0.1, 0.15) is 17.9 Å². The Morgan fingerprint density at radius 3 is 2.70 bits per heavy atom. The molecule has 1 saturated heterocycles. The second kappa shape index (κ2) is 9.36. The summed E-state index contributed by atoms with van der Waals surface area (Å²) in [4.78, 5) is 11.1. The van der Waals surface area contributed by atoms with Crippen LogP contribution in [0.15, 0.2) is 35.6 Å². The van der Waals surface area contributed by atoms with Crippen molar-refractivity contribution in [3.8, 4) is 5.75 Å². The van der Waals surface area contributed by atoms with Gasteiger partial charge in [0.2, 0.25) is 0 Å². The molecule has 0 spiro atoms. The van der Waals surface area contributed by atoms with Crippen LogP contribution in [0.5, 0.6) is 5.75 Å². The van der Waals surface area contributed by atoms with E-state index in [9.17, 15) is 0 Å². The lowest BCUT2D eigenvalue weighted by atomic mass is 10.0. The maximum atomic E-state index is 5.61. The van der Waals surface area contributed by atoms with Gasteiger partial charge in [0.15, 0.2) is 5.96 Å². The summed E-state index contributed by atoms with van der Waals surface area (Å²) in [5.41, 5.74) is 1.21. The molecule has 1 aliphatic heterocycles. The van der Waals surface area contributed by atoms with Crippen molar-refractivity contribution in [2.45, 2.75) is 25.4 Å². The summed E-state index contributed by atoms with van der Waals surface area (Å²) in [5, 5.41) is 10.9.